The molecule has 1 aromatic rings. The summed E-state index contributed by atoms with van der Waals surface area (Å²) in [6.45, 7) is 1.35. The second-order valence-corrected chi connectivity index (χ2v) is 6.04. The van der Waals surface area contributed by atoms with Crippen LogP contribution in [0.2, 0.25) is 0 Å². The summed E-state index contributed by atoms with van der Waals surface area (Å²) in [7, 11) is 0. The van der Waals surface area contributed by atoms with Crippen LogP contribution in [0.4, 0.5) is 5.82 Å². The second-order valence-electron chi connectivity index (χ2n) is 6.04. The summed E-state index contributed by atoms with van der Waals surface area (Å²) in [5.41, 5.74) is 2.65. The highest BCUT2D eigenvalue weighted by Crippen LogP contribution is 2.31. The second kappa shape index (κ2) is 6.53. The molecule has 0 amide bonds. The van der Waals surface area contributed by atoms with E-state index in [0.717, 1.165) is 31.6 Å². The predicted molar refractivity (Wildman–Crippen MR) is 80.0 cm³/mol. The number of aromatic nitrogens is 2. The highest BCUT2D eigenvalue weighted by atomic mass is 16.3. The Kier molecular flexibility index (Phi) is 4.51. The Morgan fingerprint density at radius 2 is 2.00 bits per heavy atom. The fourth-order valence-corrected chi connectivity index (χ4v) is 3.66. The van der Waals surface area contributed by atoms with Crippen molar-refractivity contribution in [3.05, 3.63) is 17.6 Å². The number of nitrogens with zero attached hydrogens (tertiary/aromatic N) is 3. The van der Waals surface area contributed by atoms with E-state index >= 15 is 0 Å². The predicted octanol–water partition coefficient (Wildman–Crippen LogP) is 2.49. The molecule has 2 aliphatic rings. The third-order valence-corrected chi connectivity index (χ3v) is 4.71. The van der Waals surface area contributed by atoms with Gasteiger partial charge in [0.05, 0.1) is 0 Å². The standard InChI is InChI=1S/C16H25N3O/c20-11-9-13-6-4-5-10-19(13)16-14-7-2-1-3-8-15(14)17-12-18-16/h12-13,20H,1-11H2. The molecule has 1 N–H and O–H groups in total. The lowest BCUT2D eigenvalue weighted by molar-refractivity contribution is 0.262. The van der Waals surface area contributed by atoms with Crippen molar-refractivity contribution in [1.29, 1.82) is 0 Å². The summed E-state index contributed by atoms with van der Waals surface area (Å²) in [6, 6.07) is 0.455. The quantitative estimate of drug-likeness (QED) is 0.861. The van der Waals surface area contributed by atoms with Crippen molar-refractivity contribution < 1.29 is 5.11 Å². The van der Waals surface area contributed by atoms with E-state index in [0.29, 0.717) is 6.04 Å². The first-order valence-corrected chi connectivity index (χ1v) is 8.10. The third-order valence-electron chi connectivity index (χ3n) is 4.71. The van der Waals surface area contributed by atoms with Gasteiger partial charge < -0.3 is 10.0 Å². The summed E-state index contributed by atoms with van der Waals surface area (Å²) in [6.07, 6.45) is 12.3. The SMILES string of the molecule is OCCC1CCCCN1c1ncnc2c1CCCCC2. The first-order chi connectivity index (χ1) is 9.90. The summed E-state index contributed by atoms with van der Waals surface area (Å²) < 4.78 is 0. The van der Waals surface area contributed by atoms with Gasteiger partial charge in [0.15, 0.2) is 0 Å². The van der Waals surface area contributed by atoms with E-state index in [-0.39, 0.29) is 6.61 Å². The van der Waals surface area contributed by atoms with E-state index in [1.54, 1.807) is 6.33 Å². The van der Waals surface area contributed by atoms with Crippen molar-refractivity contribution >= 4 is 5.82 Å². The minimum atomic E-state index is 0.272. The number of aliphatic hydroxyl groups is 1. The Morgan fingerprint density at radius 3 is 2.90 bits per heavy atom. The molecule has 0 bridgehead atoms. The molecule has 0 saturated carbocycles. The molecule has 20 heavy (non-hydrogen) atoms. The number of hydrogen-bond acceptors (Lipinski definition) is 4. The molecule has 1 aliphatic carbocycles. The number of aryl methyl sites for hydroxylation is 1. The molecule has 2 heterocycles. The van der Waals surface area contributed by atoms with Crippen molar-refractivity contribution in [1.82, 2.24) is 9.97 Å². The van der Waals surface area contributed by atoms with Gasteiger partial charge in [0, 0.05) is 30.5 Å². The Labute approximate surface area is 121 Å². The summed E-state index contributed by atoms with van der Waals surface area (Å²) in [5.74, 6) is 1.16. The van der Waals surface area contributed by atoms with E-state index in [9.17, 15) is 5.11 Å². The lowest BCUT2D eigenvalue weighted by Crippen LogP contribution is -2.41. The average Bonchev–Trinajstić information content (AvgIpc) is 2.73. The highest BCUT2D eigenvalue weighted by molar-refractivity contribution is 5.50. The normalized spacial score (nSPS) is 23.2. The van der Waals surface area contributed by atoms with Crippen LogP contribution in [0.25, 0.3) is 0 Å². The molecule has 110 valence electrons. The van der Waals surface area contributed by atoms with Gasteiger partial charge in [0.1, 0.15) is 12.1 Å². The van der Waals surface area contributed by atoms with Crippen LogP contribution in [0.5, 0.6) is 0 Å². The maximum absolute atomic E-state index is 9.31. The van der Waals surface area contributed by atoms with E-state index in [2.05, 4.69) is 14.9 Å². The van der Waals surface area contributed by atoms with Gasteiger partial charge in [0.25, 0.3) is 0 Å². The van der Waals surface area contributed by atoms with E-state index in [1.165, 1.54) is 49.8 Å². The largest absolute Gasteiger partial charge is 0.396 e. The summed E-state index contributed by atoms with van der Waals surface area (Å²) in [4.78, 5) is 11.6. The molecule has 1 aromatic heterocycles. The Bertz CT molecular complexity index is 447. The maximum Gasteiger partial charge on any atom is 0.135 e. The van der Waals surface area contributed by atoms with E-state index < -0.39 is 0 Å². The minimum Gasteiger partial charge on any atom is -0.396 e. The Balaban J connectivity index is 1.91. The number of anilines is 1. The number of aliphatic hydroxyl groups excluding tert-OH is 1. The molecule has 1 aliphatic heterocycles. The van der Waals surface area contributed by atoms with Gasteiger partial charge in [-0.2, -0.15) is 0 Å². The zero-order valence-electron chi connectivity index (χ0n) is 12.2. The first kappa shape index (κ1) is 13.8. The maximum atomic E-state index is 9.31. The van der Waals surface area contributed by atoms with Crippen LogP contribution in [-0.2, 0) is 12.8 Å². The van der Waals surface area contributed by atoms with Crippen LogP contribution < -0.4 is 4.90 Å². The molecule has 4 nitrogen and oxygen atoms in total. The average molecular weight is 275 g/mol. The highest BCUT2D eigenvalue weighted by Gasteiger charge is 2.26. The fourth-order valence-electron chi connectivity index (χ4n) is 3.66. The van der Waals surface area contributed by atoms with Gasteiger partial charge in [-0.25, -0.2) is 9.97 Å². The van der Waals surface area contributed by atoms with E-state index in [4.69, 9.17) is 0 Å². The zero-order chi connectivity index (χ0) is 13.8. The lowest BCUT2D eigenvalue weighted by Gasteiger charge is -2.37. The molecule has 4 heteroatoms. The van der Waals surface area contributed by atoms with Crippen LogP contribution in [-0.4, -0.2) is 34.3 Å². The minimum absolute atomic E-state index is 0.272. The number of hydrogen-bond donors (Lipinski definition) is 1. The van der Waals surface area contributed by atoms with Gasteiger partial charge in [-0.15, -0.1) is 0 Å². The van der Waals surface area contributed by atoms with Crippen LogP contribution in [0, 0.1) is 0 Å². The lowest BCUT2D eigenvalue weighted by atomic mass is 9.98. The summed E-state index contributed by atoms with van der Waals surface area (Å²) >= 11 is 0. The van der Waals surface area contributed by atoms with Gasteiger partial charge in [-0.1, -0.05) is 6.42 Å². The molecule has 1 atom stereocenters. The van der Waals surface area contributed by atoms with Crippen LogP contribution in [0.1, 0.15) is 56.2 Å². The zero-order valence-corrected chi connectivity index (χ0v) is 12.2. The molecular formula is C16H25N3O. The van der Waals surface area contributed by atoms with Crippen molar-refractivity contribution in [2.45, 2.75) is 63.8 Å². The molecule has 0 spiro atoms. The number of rotatable bonds is 3. The van der Waals surface area contributed by atoms with Gasteiger partial charge >= 0.3 is 0 Å². The molecular weight excluding hydrogens is 250 g/mol. The van der Waals surface area contributed by atoms with Gasteiger partial charge in [-0.3, -0.25) is 0 Å². The van der Waals surface area contributed by atoms with Crippen molar-refractivity contribution in [3.63, 3.8) is 0 Å². The molecule has 0 aromatic carbocycles. The molecule has 1 saturated heterocycles. The molecule has 1 unspecified atom stereocenters. The molecule has 0 radical (unpaired) electrons. The van der Waals surface area contributed by atoms with E-state index in [1.807, 2.05) is 0 Å². The van der Waals surface area contributed by atoms with Crippen molar-refractivity contribution in [3.8, 4) is 0 Å². The topological polar surface area (TPSA) is 49.2 Å². The first-order valence-electron chi connectivity index (χ1n) is 8.10. The van der Waals surface area contributed by atoms with Crippen molar-refractivity contribution in [2.24, 2.45) is 0 Å². The summed E-state index contributed by atoms with van der Waals surface area (Å²) in [5, 5.41) is 9.31. The third kappa shape index (κ3) is 2.80. The van der Waals surface area contributed by atoms with Crippen molar-refractivity contribution in [2.75, 3.05) is 18.1 Å². The van der Waals surface area contributed by atoms with Crippen LogP contribution in [0.3, 0.4) is 0 Å². The molecule has 3 rings (SSSR count). The van der Waals surface area contributed by atoms with Gasteiger partial charge in [0.2, 0.25) is 0 Å². The fraction of sp³-hybridized carbons (Fsp3) is 0.750. The molecule has 1 fully saturated rings. The Hall–Kier alpha value is -1.16. The number of fused-ring (bicyclic) bond motifs is 1. The van der Waals surface area contributed by atoms with Crippen LogP contribution >= 0.6 is 0 Å². The van der Waals surface area contributed by atoms with Gasteiger partial charge in [-0.05, 0) is 51.4 Å². The number of piperidine rings is 1. The Morgan fingerprint density at radius 1 is 1.10 bits per heavy atom. The van der Waals surface area contributed by atoms with Crippen LogP contribution in [0.15, 0.2) is 6.33 Å². The smallest absolute Gasteiger partial charge is 0.135 e. The monoisotopic (exact) mass is 275 g/mol.